The van der Waals surface area contributed by atoms with Gasteiger partial charge in [-0.3, -0.25) is 4.79 Å². The molecular formula is C19H31N3O3. The van der Waals surface area contributed by atoms with Gasteiger partial charge in [-0.05, 0) is 30.4 Å². The van der Waals surface area contributed by atoms with E-state index >= 15 is 0 Å². The van der Waals surface area contributed by atoms with E-state index < -0.39 is 0 Å². The molecule has 1 atom stereocenters. The summed E-state index contributed by atoms with van der Waals surface area (Å²) in [5.41, 5.74) is 1.05. The van der Waals surface area contributed by atoms with E-state index in [9.17, 15) is 4.79 Å². The minimum Gasteiger partial charge on any atom is -0.384 e. The van der Waals surface area contributed by atoms with Crippen molar-refractivity contribution >= 4 is 5.91 Å². The average molecular weight is 349 g/mol. The molecule has 0 aliphatic carbocycles. The molecule has 6 heteroatoms. The van der Waals surface area contributed by atoms with Gasteiger partial charge in [-0.25, -0.2) is 0 Å². The molecule has 1 unspecified atom stereocenters. The van der Waals surface area contributed by atoms with Crippen LogP contribution in [0.3, 0.4) is 0 Å². The third-order valence-corrected chi connectivity index (χ3v) is 6.07. The van der Waals surface area contributed by atoms with Gasteiger partial charge in [0.1, 0.15) is 5.69 Å². The largest absolute Gasteiger partial charge is 0.384 e. The van der Waals surface area contributed by atoms with Crippen LogP contribution < -0.4 is 0 Å². The summed E-state index contributed by atoms with van der Waals surface area (Å²) >= 11 is 0. The fraction of sp³-hybridized carbons (Fsp3) is 0.737. The lowest BCUT2D eigenvalue weighted by Crippen LogP contribution is -2.47. The molecular weight excluding hydrogens is 318 g/mol. The van der Waals surface area contributed by atoms with Crippen LogP contribution in [0.2, 0.25) is 0 Å². The van der Waals surface area contributed by atoms with Gasteiger partial charge in [0, 0.05) is 66.1 Å². The van der Waals surface area contributed by atoms with Gasteiger partial charge in [0.15, 0.2) is 0 Å². The maximum absolute atomic E-state index is 12.8. The Morgan fingerprint density at radius 3 is 2.64 bits per heavy atom. The molecule has 1 aromatic heterocycles. The van der Waals surface area contributed by atoms with E-state index in [0.717, 1.165) is 64.5 Å². The molecule has 25 heavy (non-hydrogen) atoms. The van der Waals surface area contributed by atoms with Crippen molar-refractivity contribution in [2.45, 2.75) is 12.8 Å². The summed E-state index contributed by atoms with van der Waals surface area (Å²) in [5, 5.41) is 0. The van der Waals surface area contributed by atoms with Gasteiger partial charge in [0.05, 0.1) is 13.2 Å². The maximum Gasteiger partial charge on any atom is 0.270 e. The third-order valence-electron chi connectivity index (χ3n) is 6.07. The van der Waals surface area contributed by atoms with Crippen LogP contribution in [-0.4, -0.2) is 80.4 Å². The molecule has 0 radical (unpaired) electrons. The fourth-order valence-electron chi connectivity index (χ4n) is 4.53. The maximum atomic E-state index is 12.8. The van der Waals surface area contributed by atoms with Crippen LogP contribution in [0.25, 0.3) is 0 Å². The van der Waals surface area contributed by atoms with E-state index in [2.05, 4.69) is 4.90 Å². The smallest absolute Gasteiger partial charge is 0.270 e. The number of nitrogens with zero attached hydrogens (tertiary/aromatic N) is 3. The normalized spacial score (nSPS) is 23.5. The summed E-state index contributed by atoms with van der Waals surface area (Å²) < 4.78 is 12.7. The third kappa shape index (κ3) is 3.76. The minimum absolute atomic E-state index is 0.153. The molecule has 1 aromatic rings. The number of carbonyl (C=O) groups excluding carboxylic acids is 1. The number of rotatable bonds is 6. The lowest BCUT2D eigenvalue weighted by atomic mass is 9.71. The van der Waals surface area contributed by atoms with Crippen LogP contribution in [0.15, 0.2) is 18.3 Å². The highest BCUT2D eigenvalue weighted by Gasteiger charge is 2.48. The number of methoxy groups -OCH3 is 2. The second-order valence-electron chi connectivity index (χ2n) is 7.54. The topological polar surface area (TPSA) is 46.9 Å². The highest BCUT2D eigenvalue weighted by atomic mass is 16.5. The predicted molar refractivity (Wildman–Crippen MR) is 96.7 cm³/mol. The Bertz CT molecular complexity index is 578. The van der Waals surface area contributed by atoms with Crippen molar-refractivity contribution in [2.75, 3.05) is 60.2 Å². The van der Waals surface area contributed by atoms with Gasteiger partial charge >= 0.3 is 0 Å². The second-order valence-corrected chi connectivity index (χ2v) is 7.54. The monoisotopic (exact) mass is 349 g/mol. The molecule has 0 aromatic carbocycles. The number of aryl methyl sites for hydroxylation is 1. The number of piperidine rings is 1. The van der Waals surface area contributed by atoms with Crippen molar-refractivity contribution in [1.82, 2.24) is 14.4 Å². The Hall–Kier alpha value is -1.37. The van der Waals surface area contributed by atoms with Crippen LogP contribution in [0.4, 0.5) is 0 Å². The molecule has 2 aliphatic heterocycles. The SMILES string of the molecule is COCCN1CC(COC)C2(CCN(C(=O)c3cccn3C)CC2)C1. The quantitative estimate of drug-likeness (QED) is 0.780. The van der Waals surface area contributed by atoms with Gasteiger partial charge in [-0.2, -0.15) is 0 Å². The summed E-state index contributed by atoms with van der Waals surface area (Å²) in [6.07, 6.45) is 4.04. The van der Waals surface area contributed by atoms with E-state index in [1.54, 1.807) is 14.2 Å². The number of aromatic nitrogens is 1. The summed E-state index contributed by atoms with van der Waals surface area (Å²) in [6.45, 7) is 6.39. The van der Waals surface area contributed by atoms with E-state index in [0.29, 0.717) is 5.92 Å². The highest BCUT2D eigenvalue weighted by molar-refractivity contribution is 5.92. The molecule has 2 saturated heterocycles. The first-order valence-electron chi connectivity index (χ1n) is 9.20. The number of likely N-dealkylation sites (tertiary alicyclic amines) is 2. The molecule has 0 bridgehead atoms. The van der Waals surface area contributed by atoms with Gasteiger partial charge in [0.25, 0.3) is 5.91 Å². The zero-order valence-corrected chi connectivity index (χ0v) is 15.7. The molecule has 140 valence electrons. The molecule has 3 rings (SSSR count). The molecule has 3 heterocycles. The Kier molecular flexibility index (Phi) is 5.81. The first-order chi connectivity index (χ1) is 12.1. The first kappa shape index (κ1) is 18.4. The van der Waals surface area contributed by atoms with Crippen LogP contribution in [0.1, 0.15) is 23.3 Å². The number of hydrogen-bond donors (Lipinski definition) is 0. The molecule has 0 saturated carbocycles. The van der Waals surface area contributed by atoms with Crippen molar-refractivity contribution < 1.29 is 14.3 Å². The van der Waals surface area contributed by atoms with E-state index in [-0.39, 0.29) is 11.3 Å². The Labute approximate surface area is 150 Å². The predicted octanol–water partition coefficient (Wildman–Crippen LogP) is 1.47. The number of carbonyl (C=O) groups is 1. The molecule has 6 nitrogen and oxygen atoms in total. The van der Waals surface area contributed by atoms with Gasteiger partial charge in [-0.1, -0.05) is 0 Å². The Morgan fingerprint density at radius 1 is 1.28 bits per heavy atom. The summed E-state index contributed by atoms with van der Waals surface area (Å²) in [6, 6.07) is 3.83. The van der Waals surface area contributed by atoms with Gasteiger partial charge in [0.2, 0.25) is 0 Å². The Balaban J connectivity index is 1.64. The minimum atomic E-state index is 0.153. The van der Waals surface area contributed by atoms with E-state index in [4.69, 9.17) is 9.47 Å². The van der Waals surface area contributed by atoms with Crippen molar-refractivity contribution in [3.05, 3.63) is 24.0 Å². The summed E-state index contributed by atoms with van der Waals surface area (Å²) in [4.78, 5) is 17.3. The van der Waals surface area contributed by atoms with Crippen molar-refractivity contribution in [3.63, 3.8) is 0 Å². The number of ether oxygens (including phenoxy) is 2. The Morgan fingerprint density at radius 2 is 2.04 bits per heavy atom. The van der Waals surface area contributed by atoms with Crippen molar-refractivity contribution in [3.8, 4) is 0 Å². The molecule has 1 spiro atoms. The van der Waals surface area contributed by atoms with Crippen LogP contribution >= 0.6 is 0 Å². The zero-order chi connectivity index (χ0) is 17.9. The number of amides is 1. The summed E-state index contributed by atoms with van der Waals surface area (Å²) in [7, 11) is 5.48. The highest BCUT2D eigenvalue weighted by Crippen LogP contribution is 2.44. The molecule has 2 aliphatic rings. The van der Waals surface area contributed by atoms with Gasteiger partial charge in [-0.15, -0.1) is 0 Å². The lowest BCUT2D eigenvalue weighted by molar-refractivity contribution is 0.0316. The standard InChI is InChI=1S/C19H31N3O3/c1-20-8-4-5-17(20)18(23)22-9-6-19(7-10-22)15-21(11-12-24-2)13-16(19)14-25-3/h4-5,8,16H,6-7,9-15H2,1-3H3. The van der Waals surface area contributed by atoms with E-state index in [1.807, 2.05) is 34.8 Å². The van der Waals surface area contributed by atoms with Crippen LogP contribution in [0.5, 0.6) is 0 Å². The van der Waals surface area contributed by atoms with Gasteiger partial charge < -0.3 is 23.8 Å². The number of hydrogen-bond acceptors (Lipinski definition) is 4. The average Bonchev–Trinajstić information content (AvgIpc) is 3.18. The first-order valence-corrected chi connectivity index (χ1v) is 9.20. The molecule has 1 amide bonds. The zero-order valence-electron chi connectivity index (χ0n) is 15.7. The van der Waals surface area contributed by atoms with Crippen molar-refractivity contribution in [2.24, 2.45) is 18.4 Å². The van der Waals surface area contributed by atoms with Crippen LogP contribution in [0, 0.1) is 11.3 Å². The summed E-state index contributed by atoms with van der Waals surface area (Å²) in [5.74, 6) is 0.696. The lowest BCUT2D eigenvalue weighted by Gasteiger charge is -2.42. The van der Waals surface area contributed by atoms with Crippen molar-refractivity contribution in [1.29, 1.82) is 0 Å². The molecule has 2 fully saturated rings. The molecule has 0 N–H and O–H groups in total. The second kappa shape index (κ2) is 7.89. The van der Waals surface area contributed by atoms with E-state index in [1.165, 1.54) is 0 Å². The fourth-order valence-corrected chi connectivity index (χ4v) is 4.53. The van der Waals surface area contributed by atoms with Crippen LogP contribution in [-0.2, 0) is 16.5 Å².